The second-order valence-corrected chi connectivity index (χ2v) is 4.70. The molecule has 1 aromatic carbocycles. The number of esters is 1. The van der Waals surface area contributed by atoms with E-state index in [4.69, 9.17) is 4.74 Å². The van der Waals surface area contributed by atoms with Crippen molar-refractivity contribution >= 4 is 11.7 Å². The maximum Gasteiger partial charge on any atom is 0.358 e. The topological polar surface area (TPSA) is 49.8 Å². The van der Waals surface area contributed by atoms with Gasteiger partial charge in [0.15, 0.2) is 5.70 Å². The Morgan fingerprint density at radius 2 is 1.86 bits per heavy atom. The molecule has 0 atom stereocenters. The maximum atomic E-state index is 12.2. The first-order valence-electron chi connectivity index (χ1n) is 7.57. The quantitative estimate of drug-likeness (QED) is 0.446. The molecule has 0 saturated carbocycles. The van der Waals surface area contributed by atoms with Crippen molar-refractivity contribution in [1.29, 1.82) is 0 Å². The highest BCUT2D eigenvalue weighted by atomic mass is 16.5. The third kappa shape index (κ3) is 4.81. The van der Waals surface area contributed by atoms with Gasteiger partial charge in [-0.05, 0) is 32.4 Å². The van der Waals surface area contributed by atoms with E-state index in [0.717, 1.165) is 18.5 Å². The fourth-order valence-corrected chi connectivity index (χ4v) is 2.12. The van der Waals surface area contributed by atoms with Gasteiger partial charge in [-0.15, -0.1) is 0 Å². The maximum absolute atomic E-state index is 12.2. The van der Waals surface area contributed by atoms with Crippen LogP contribution in [0.25, 0.3) is 0 Å². The van der Waals surface area contributed by atoms with Gasteiger partial charge in [0.1, 0.15) is 5.76 Å². The molecule has 0 aliphatic heterocycles. The molecule has 0 bridgehead atoms. The minimum absolute atomic E-state index is 0.0982. The van der Waals surface area contributed by atoms with Gasteiger partial charge in [0, 0.05) is 18.7 Å². The zero-order chi connectivity index (χ0) is 15.7. The molecule has 0 aromatic heterocycles. The summed E-state index contributed by atoms with van der Waals surface area (Å²) in [7, 11) is 0. The lowest BCUT2D eigenvalue weighted by molar-refractivity contribution is -0.138. The number of carbonyl (C=O) groups excluding carboxylic acids is 1. The Balaban J connectivity index is 3.17. The Bertz CT molecular complexity index is 468. The van der Waals surface area contributed by atoms with Gasteiger partial charge in [-0.3, -0.25) is 0 Å². The van der Waals surface area contributed by atoms with Gasteiger partial charge in [0.05, 0.1) is 6.61 Å². The smallest absolute Gasteiger partial charge is 0.358 e. The van der Waals surface area contributed by atoms with Crippen molar-refractivity contribution in [3.8, 4) is 0 Å². The molecular formula is C17H25NO3. The van der Waals surface area contributed by atoms with Crippen LogP contribution in [0.1, 0.15) is 40.0 Å². The van der Waals surface area contributed by atoms with Crippen LogP contribution in [-0.4, -0.2) is 24.2 Å². The third-order valence-electron chi connectivity index (χ3n) is 3.16. The van der Waals surface area contributed by atoms with Gasteiger partial charge in [-0.1, -0.05) is 31.5 Å². The van der Waals surface area contributed by atoms with Gasteiger partial charge in [0.25, 0.3) is 0 Å². The summed E-state index contributed by atoms with van der Waals surface area (Å²) in [5, 5.41) is 10.3. The molecule has 0 spiro atoms. The molecule has 21 heavy (non-hydrogen) atoms. The van der Waals surface area contributed by atoms with Crippen molar-refractivity contribution in [2.75, 3.05) is 18.1 Å². The Morgan fingerprint density at radius 1 is 1.19 bits per heavy atom. The number of para-hydroxylation sites is 1. The van der Waals surface area contributed by atoms with Crippen molar-refractivity contribution in [2.45, 2.75) is 40.0 Å². The Hall–Kier alpha value is -1.97. The molecule has 0 fully saturated rings. The van der Waals surface area contributed by atoms with Crippen LogP contribution in [0, 0.1) is 0 Å². The normalized spacial score (nSPS) is 11.8. The minimum atomic E-state index is -0.475. The van der Waals surface area contributed by atoms with Gasteiger partial charge < -0.3 is 14.7 Å². The summed E-state index contributed by atoms with van der Waals surface area (Å²) in [6.07, 6.45) is 2.27. The SMILES string of the molecule is CCCC/C(O)=C(/C(=O)OCC)N(CC)c1ccccc1. The van der Waals surface area contributed by atoms with E-state index in [0.29, 0.717) is 13.0 Å². The predicted molar refractivity (Wildman–Crippen MR) is 85.3 cm³/mol. The average molecular weight is 291 g/mol. The second kappa shape index (κ2) is 9.06. The van der Waals surface area contributed by atoms with E-state index in [1.807, 2.05) is 44.2 Å². The molecule has 0 aliphatic rings. The second-order valence-electron chi connectivity index (χ2n) is 4.70. The lowest BCUT2D eigenvalue weighted by Crippen LogP contribution is -2.30. The number of rotatable bonds is 8. The van der Waals surface area contributed by atoms with Crippen molar-refractivity contribution < 1.29 is 14.6 Å². The first-order valence-corrected chi connectivity index (χ1v) is 7.57. The van der Waals surface area contributed by atoms with E-state index in [9.17, 15) is 9.90 Å². The van der Waals surface area contributed by atoms with Crippen LogP contribution >= 0.6 is 0 Å². The van der Waals surface area contributed by atoms with Crippen LogP contribution in [0.2, 0.25) is 0 Å². The summed E-state index contributed by atoms with van der Waals surface area (Å²) in [4.78, 5) is 14.0. The molecule has 1 N–H and O–H groups in total. The number of carbonyl (C=O) groups is 1. The molecule has 0 saturated heterocycles. The number of ether oxygens (including phenoxy) is 1. The largest absolute Gasteiger partial charge is 0.510 e. The Labute approximate surface area is 127 Å². The van der Waals surface area contributed by atoms with Crippen molar-refractivity contribution in [3.05, 3.63) is 41.8 Å². The van der Waals surface area contributed by atoms with Crippen molar-refractivity contribution in [1.82, 2.24) is 0 Å². The molecule has 0 aliphatic carbocycles. The number of anilines is 1. The highest BCUT2D eigenvalue weighted by Gasteiger charge is 2.23. The zero-order valence-electron chi connectivity index (χ0n) is 13.1. The fourth-order valence-electron chi connectivity index (χ4n) is 2.12. The summed E-state index contributed by atoms with van der Waals surface area (Å²) in [6, 6.07) is 9.56. The number of aliphatic hydroxyl groups excluding tert-OH is 1. The molecule has 0 radical (unpaired) electrons. The average Bonchev–Trinajstić information content (AvgIpc) is 2.51. The van der Waals surface area contributed by atoms with Crippen molar-refractivity contribution in [2.24, 2.45) is 0 Å². The van der Waals surface area contributed by atoms with E-state index >= 15 is 0 Å². The first-order chi connectivity index (χ1) is 10.2. The number of likely N-dealkylation sites (N-methyl/N-ethyl adjacent to an activating group) is 1. The van der Waals surface area contributed by atoms with E-state index in [-0.39, 0.29) is 18.1 Å². The molecular weight excluding hydrogens is 266 g/mol. The van der Waals surface area contributed by atoms with E-state index in [2.05, 4.69) is 0 Å². The minimum Gasteiger partial charge on any atom is -0.510 e. The van der Waals surface area contributed by atoms with Gasteiger partial charge >= 0.3 is 5.97 Å². The predicted octanol–water partition coefficient (Wildman–Crippen LogP) is 4.04. The van der Waals surface area contributed by atoms with E-state index in [1.165, 1.54) is 0 Å². The number of hydrogen-bond donors (Lipinski definition) is 1. The zero-order valence-corrected chi connectivity index (χ0v) is 13.1. The number of nitrogens with zero attached hydrogens (tertiary/aromatic N) is 1. The number of unbranched alkanes of at least 4 members (excludes halogenated alkanes) is 1. The lowest BCUT2D eigenvalue weighted by Gasteiger charge is -2.25. The van der Waals surface area contributed by atoms with Gasteiger partial charge in [-0.2, -0.15) is 0 Å². The summed E-state index contributed by atoms with van der Waals surface area (Å²) < 4.78 is 5.11. The van der Waals surface area contributed by atoms with E-state index in [1.54, 1.807) is 11.8 Å². The van der Waals surface area contributed by atoms with Crippen LogP contribution in [0.3, 0.4) is 0 Å². The summed E-state index contributed by atoms with van der Waals surface area (Å²) >= 11 is 0. The van der Waals surface area contributed by atoms with Crippen LogP contribution < -0.4 is 4.90 Å². The molecule has 0 unspecified atom stereocenters. The van der Waals surface area contributed by atoms with Crippen molar-refractivity contribution in [3.63, 3.8) is 0 Å². The fraction of sp³-hybridized carbons (Fsp3) is 0.471. The summed E-state index contributed by atoms with van der Waals surface area (Å²) in [5.74, 6) is -0.377. The monoisotopic (exact) mass is 291 g/mol. The number of hydrogen-bond acceptors (Lipinski definition) is 4. The van der Waals surface area contributed by atoms with E-state index < -0.39 is 5.97 Å². The Kier molecular flexibility index (Phi) is 7.37. The standard InChI is InChI=1S/C17H25NO3/c1-4-7-13-15(19)16(17(20)21-6-3)18(5-2)14-11-9-8-10-12-14/h8-12,19H,4-7,13H2,1-3H3/b16-15+. The summed E-state index contributed by atoms with van der Waals surface area (Å²) in [5.41, 5.74) is 1.12. The molecule has 0 heterocycles. The number of benzene rings is 1. The molecule has 1 aromatic rings. The third-order valence-corrected chi connectivity index (χ3v) is 3.16. The molecule has 116 valence electrons. The van der Waals surface area contributed by atoms with Crippen LogP contribution in [-0.2, 0) is 9.53 Å². The molecule has 4 nitrogen and oxygen atoms in total. The Morgan fingerprint density at radius 3 is 2.38 bits per heavy atom. The summed E-state index contributed by atoms with van der Waals surface area (Å²) in [6.45, 7) is 6.62. The van der Waals surface area contributed by atoms with Gasteiger partial charge in [0.2, 0.25) is 0 Å². The lowest BCUT2D eigenvalue weighted by atomic mass is 10.1. The first kappa shape index (κ1) is 17.1. The van der Waals surface area contributed by atoms with Crippen LogP contribution in [0.5, 0.6) is 0 Å². The molecule has 4 heteroatoms. The highest BCUT2D eigenvalue weighted by molar-refractivity contribution is 5.93. The number of aliphatic hydroxyl groups is 1. The molecule has 0 amide bonds. The number of allylic oxidation sites excluding steroid dienone is 1. The van der Waals surface area contributed by atoms with Gasteiger partial charge in [-0.25, -0.2) is 4.79 Å². The highest BCUT2D eigenvalue weighted by Crippen LogP contribution is 2.23. The van der Waals surface area contributed by atoms with Crippen LogP contribution in [0.15, 0.2) is 41.8 Å². The van der Waals surface area contributed by atoms with Crippen LogP contribution in [0.4, 0.5) is 5.69 Å². The molecule has 1 rings (SSSR count).